The van der Waals surface area contributed by atoms with Crippen molar-refractivity contribution in [2.75, 3.05) is 0 Å². The van der Waals surface area contributed by atoms with Crippen LogP contribution in [0.25, 0.3) is 6.08 Å². The summed E-state index contributed by atoms with van der Waals surface area (Å²) in [5.74, 6) is 0. The highest BCUT2D eigenvalue weighted by atomic mass is 16.3. The number of fused-ring (bicyclic) bond motifs is 2. The first-order chi connectivity index (χ1) is 8.73. The maximum atomic E-state index is 10.6. The molecule has 2 aliphatic rings. The van der Waals surface area contributed by atoms with Gasteiger partial charge in [0.1, 0.15) is 0 Å². The Morgan fingerprint density at radius 3 is 2.50 bits per heavy atom. The van der Waals surface area contributed by atoms with Crippen LogP contribution in [0.5, 0.6) is 0 Å². The van der Waals surface area contributed by atoms with Crippen molar-refractivity contribution in [2.45, 2.75) is 49.8 Å². The first-order valence-electron chi connectivity index (χ1n) is 6.94. The Bertz CT molecular complexity index is 414. The van der Waals surface area contributed by atoms with Crippen molar-refractivity contribution in [3.05, 3.63) is 42.0 Å². The first kappa shape index (κ1) is 11.9. The molecule has 3 rings (SSSR count). The standard InChI is InChI=1S/C16H21NO/c18-16(11-14-8-9-15(12-16)17-14)10-4-7-13-5-2-1-3-6-13/h1-7,14-15,17-18H,8-12H2/b7-4+. The molecular weight excluding hydrogens is 222 g/mol. The monoisotopic (exact) mass is 243 g/mol. The second-order valence-corrected chi connectivity index (χ2v) is 5.79. The Labute approximate surface area is 109 Å². The molecule has 1 aromatic carbocycles. The van der Waals surface area contributed by atoms with Crippen LogP contribution in [-0.4, -0.2) is 22.8 Å². The van der Waals surface area contributed by atoms with E-state index in [9.17, 15) is 5.11 Å². The molecule has 2 heteroatoms. The number of piperidine rings is 1. The molecule has 2 unspecified atom stereocenters. The van der Waals surface area contributed by atoms with Crippen LogP contribution in [0.1, 0.15) is 37.7 Å². The maximum Gasteiger partial charge on any atom is 0.0711 e. The van der Waals surface area contributed by atoms with E-state index in [0.717, 1.165) is 19.3 Å². The van der Waals surface area contributed by atoms with Crippen LogP contribution >= 0.6 is 0 Å². The molecule has 2 nitrogen and oxygen atoms in total. The minimum atomic E-state index is -0.484. The molecular formula is C16H21NO. The number of rotatable bonds is 3. The van der Waals surface area contributed by atoms with Crippen molar-refractivity contribution in [3.63, 3.8) is 0 Å². The molecule has 2 aliphatic heterocycles. The highest BCUT2D eigenvalue weighted by Gasteiger charge is 2.41. The molecule has 2 saturated heterocycles. The fourth-order valence-corrected chi connectivity index (χ4v) is 3.37. The molecule has 2 N–H and O–H groups in total. The number of hydrogen-bond donors (Lipinski definition) is 2. The molecule has 0 amide bonds. The van der Waals surface area contributed by atoms with Crippen LogP contribution in [0.2, 0.25) is 0 Å². The Hall–Kier alpha value is -1.12. The van der Waals surface area contributed by atoms with Crippen molar-refractivity contribution >= 4 is 6.08 Å². The van der Waals surface area contributed by atoms with Gasteiger partial charge in [-0.2, -0.15) is 0 Å². The average Bonchev–Trinajstić information content (AvgIpc) is 2.70. The first-order valence-corrected chi connectivity index (χ1v) is 6.94. The number of aliphatic hydroxyl groups is 1. The Morgan fingerprint density at radius 1 is 1.17 bits per heavy atom. The van der Waals surface area contributed by atoms with E-state index in [1.54, 1.807) is 0 Å². The number of hydrogen-bond acceptors (Lipinski definition) is 2. The lowest BCUT2D eigenvalue weighted by atomic mass is 9.84. The van der Waals surface area contributed by atoms with Gasteiger partial charge in [0.05, 0.1) is 5.60 Å². The molecule has 0 radical (unpaired) electrons. The number of nitrogens with one attached hydrogen (secondary N) is 1. The highest BCUT2D eigenvalue weighted by Crippen LogP contribution is 2.36. The van der Waals surface area contributed by atoms with Crippen LogP contribution in [0, 0.1) is 0 Å². The van der Waals surface area contributed by atoms with Crippen molar-refractivity contribution in [1.29, 1.82) is 0 Å². The summed E-state index contributed by atoms with van der Waals surface area (Å²) < 4.78 is 0. The molecule has 2 bridgehead atoms. The summed E-state index contributed by atoms with van der Waals surface area (Å²) in [5, 5.41) is 14.2. The van der Waals surface area contributed by atoms with Crippen LogP contribution in [0.3, 0.4) is 0 Å². The van der Waals surface area contributed by atoms with Gasteiger partial charge in [-0.05, 0) is 37.7 Å². The van der Waals surface area contributed by atoms with E-state index in [0.29, 0.717) is 12.1 Å². The van der Waals surface area contributed by atoms with Crippen molar-refractivity contribution in [2.24, 2.45) is 0 Å². The summed E-state index contributed by atoms with van der Waals surface area (Å²) in [7, 11) is 0. The Kier molecular flexibility index (Phi) is 3.23. The quantitative estimate of drug-likeness (QED) is 0.855. The van der Waals surface area contributed by atoms with Gasteiger partial charge in [-0.1, -0.05) is 42.5 Å². The van der Waals surface area contributed by atoms with E-state index >= 15 is 0 Å². The second-order valence-electron chi connectivity index (χ2n) is 5.79. The summed E-state index contributed by atoms with van der Waals surface area (Å²) in [6.07, 6.45) is 9.29. The van der Waals surface area contributed by atoms with Gasteiger partial charge in [0.15, 0.2) is 0 Å². The molecule has 2 atom stereocenters. The van der Waals surface area contributed by atoms with Gasteiger partial charge in [0.2, 0.25) is 0 Å². The predicted octanol–water partition coefficient (Wildman–Crippen LogP) is 2.74. The lowest BCUT2D eigenvalue weighted by Crippen LogP contribution is -2.48. The third-order valence-corrected chi connectivity index (χ3v) is 4.20. The fraction of sp³-hybridized carbons (Fsp3) is 0.500. The van der Waals surface area contributed by atoms with Gasteiger partial charge in [-0.25, -0.2) is 0 Å². The summed E-state index contributed by atoms with van der Waals surface area (Å²) in [5.41, 5.74) is 0.723. The van der Waals surface area contributed by atoms with E-state index in [1.807, 2.05) is 18.2 Å². The maximum absolute atomic E-state index is 10.6. The SMILES string of the molecule is OC1(C/C=C/c2ccccc2)CC2CCC(C1)N2. The van der Waals surface area contributed by atoms with Gasteiger partial charge in [0, 0.05) is 12.1 Å². The van der Waals surface area contributed by atoms with Gasteiger partial charge < -0.3 is 10.4 Å². The van der Waals surface area contributed by atoms with Gasteiger partial charge in [0.25, 0.3) is 0 Å². The molecule has 2 fully saturated rings. The third-order valence-electron chi connectivity index (χ3n) is 4.20. The molecule has 0 aromatic heterocycles. The van der Waals surface area contributed by atoms with E-state index in [2.05, 4.69) is 29.6 Å². The van der Waals surface area contributed by atoms with Crippen molar-refractivity contribution < 1.29 is 5.11 Å². The fourth-order valence-electron chi connectivity index (χ4n) is 3.37. The van der Waals surface area contributed by atoms with E-state index in [-0.39, 0.29) is 0 Å². The summed E-state index contributed by atoms with van der Waals surface area (Å²) in [6.45, 7) is 0. The van der Waals surface area contributed by atoms with Crippen molar-refractivity contribution in [1.82, 2.24) is 5.32 Å². The van der Waals surface area contributed by atoms with Gasteiger partial charge in [-0.15, -0.1) is 0 Å². The lowest BCUT2D eigenvalue weighted by Gasteiger charge is -2.36. The molecule has 0 aliphatic carbocycles. The van der Waals surface area contributed by atoms with Crippen LogP contribution < -0.4 is 5.32 Å². The minimum absolute atomic E-state index is 0.484. The molecule has 2 heterocycles. The highest BCUT2D eigenvalue weighted by molar-refractivity contribution is 5.48. The molecule has 18 heavy (non-hydrogen) atoms. The summed E-state index contributed by atoms with van der Waals surface area (Å²) >= 11 is 0. The van der Waals surface area contributed by atoms with E-state index in [4.69, 9.17) is 0 Å². The smallest absolute Gasteiger partial charge is 0.0711 e. The minimum Gasteiger partial charge on any atom is -0.389 e. The second kappa shape index (κ2) is 4.87. The summed E-state index contributed by atoms with van der Waals surface area (Å²) in [4.78, 5) is 0. The molecule has 0 saturated carbocycles. The zero-order chi connectivity index (χ0) is 12.4. The van der Waals surface area contributed by atoms with E-state index < -0.39 is 5.60 Å². The Balaban J connectivity index is 1.61. The molecule has 96 valence electrons. The zero-order valence-corrected chi connectivity index (χ0v) is 10.7. The summed E-state index contributed by atoms with van der Waals surface area (Å²) in [6, 6.07) is 11.4. The molecule has 1 aromatic rings. The van der Waals surface area contributed by atoms with Gasteiger partial charge >= 0.3 is 0 Å². The van der Waals surface area contributed by atoms with Crippen molar-refractivity contribution in [3.8, 4) is 0 Å². The largest absolute Gasteiger partial charge is 0.389 e. The van der Waals surface area contributed by atoms with E-state index in [1.165, 1.54) is 18.4 Å². The predicted molar refractivity (Wildman–Crippen MR) is 74.2 cm³/mol. The van der Waals surface area contributed by atoms with Crippen LogP contribution in [0.4, 0.5) is 0 Å². The van der Waals surface area contributed by atoms with Gasteiger partial charge in [-0.3, -0.25) is 0 Å². The average molecular weight is 243 g/mol. The number of benzene rings is 1. The lowest BCUT2D eigenvalue weighted by molar-refractivity contribution is -0.00359. The zero-order valence-electron chi connectivity index (χ0n) is 10.7. The van der Waals surface area contributed by atoms with Crippen LogP contribution in [-0.2, 0) is 0 Å². The Morgan fingerprint density at radius 2 is 1.83 bits per heavy atom. The normalized spacial score (nSPS) is 35.2. The third kappa shape index (κ3) is 2.65. The molecule has 0 spiro atoms. The topological polar surface area (TPSA) is 32.3 Å². The van der Waals surface area contributed by atoms with Crippen LogP contribution in [0.15, 0.2) is 36.4 Å².